The molecule has 0 atom stereocenters. The summed E-state index contributed by atoms with van der Waals surface area (Å²) in [5, 5.41) is 10.8. The average Bonchev–Trinajstić information content (AvgIpc) is 3.03. The van der Waals surface area contributed by atoms with Crippen molar-refractivity contribution in [1.29, 1.82) is 0 Å². The second kappa shape index (κ2) is 9.45. The third kappa shape index (κ3) is 4.63. The molecule has 2 aromatic rings. The minimum atomic E-state index is -0.726. The van der Waals surface area contributed by atoms with E-state index in [9.17, 15) is 14.7 Å². The van der Waals surface area contributed by atoms with Gasteiger partial charge in [0.15, 0.2) is 0 Å². The number of nitrogens with zero attached hydrogens (tertiary/aromatic N) is 1. The van der Waals surface area contributed by atoms with E-state index >= 15 is 0 Å². The summed E-state index contributed by atoms with van der Waals surface area (Å²) in [6, 6.07) is 14.1. The van der Waals surface area contributed by atoms with Crippen LogP contribution in [0.25, 0.3) is 6.08 Å². The van der Waals surface area contributed by atoms with Crippen molar-refractivity contribution in [2.45, 2.75) is 13.8 Å². The normalized spacial score (nSPS) is 16.2. The van der Waals surface area contributed by atoms with Crippen molar-refractivity contribution in [3.63, 3.8) is 0 Å². The van der Waals surface area contributed by atoms with Gasteiger partial charge >= 0.3 is 5.97 Å². The summed E-state index contributed by atoms with van der Waals surface area (Å²) in [4.78, 5) is 29.4. The monoisotopic (exact) mass is 423 g/mol. The molecule has 0 bridgehead atoms. The van der Waals surface area contributed by atoms with Crippen LogP contribution in [0.4, 0.5) is 0 Å². The van der Waals surface area contributed by atoms with Gasteiger partial charge in [-0.15, -0.1) is 0 Å². The molecule has 154 valence electrons. The molecule has 1 aliphatic heterocycles. The predicted molar refractivity (Wildman–Crippen MR) is 118 cm³/mol. The zero-order chi connectivity index (χ0) is 21.7. The number of aliphatic imine (C=N–C) groups is 1. The van der Waals surface area contributed by atoms with Gasteiger partial charge in [-0.05, 0) is 55.3 Å². The molecule has 0 unspecified atom stereocenters. The number of benzene rings is 2. The van der Waals surface area contributed by atoms with Gasteiger partial charge in [-0.2, -0.15) is 0 Å². The van der Waals surface area contributed by atoms with Gasteiger partial charge in [-0.3, -0.25) is 4.79 Å². The molecular formula is C23H21NO5S. The maximum atomic E-state index is 12.5. The zero-order valence-electron chi connectivity index (χ0n) is 16.8. The number of methoxy groups -OCH3 is 1. The number of aliphatic hydroxyl groups is 1. The molecule has 7 heteroatoms. The van der Waals surface area contributed by atoms with Crippen molar-refractivity contribution >= 4 is 34.8 Å². The smallest absolute Gasteiger partial charge is 0.344 e. The van der Waals surface area contributed by atoms with Gasteiger partial charge in [0.05, 0.1) is 18.6 Å². The summed E-state index contributed by atoms with van der Waals surface area (Å²) in [6.07, 6.45) is 1.72. The Balaban J connectivity index is 2.01. The SMILES string of the molecule is CCOC(=O)C1=C(O)/C(=C/c2ccc(OC)c(C)c2)SC1=NC(=O)c1ccccc1. The number of thioether (sulfide) groups is 1. The maximum absolute atomic E-state index is 12.5. The molecule has 0 radical (unpaired) electrons. The Bertz CT molecular complexity index is 1070. The van der Waals surface area contributed by atoms with Gasteiger partial charge in [0.1, 0.15) is 22.1 Å². The lowest BCUT2D eigenvalue weighted by atomic mass is 10.1. The molecule has 6 nitrogen and oxygen atoms in total. The van der Waals surface area contributed by atoms with E-state index in [0.717, 1.165) is 28.6 Å². The van der Waals surface area contributed by atoms with E-state index in [1.54, 1.807) is 50.4 Å². The van der Waals surface area contributed by atoms with Crippen LogP contribution in [0.5, 0.6) is 5.75 Å². The Morgan fingerprint density at radius 1 is 1.17 bits per heavy atom. The highest BCUT2D eigenvalue weighted by Crippen LogP contribution is 2.39. The van der Waals surface area contributed by atoms with Crippen molar-refractivity contribution in [2.24, 2.45) is 4.99 Å². The molecule has 3 rings (SSSR count). The van der Waals surface area contributed by atoms with Crippen LogP contribution in [0.2, 0.25) is 0 Å². The van der Waals surface area contributed by atoms with E-state index in [2.05, 4.69) is 4.99 Å². The van der Waals surface area contributed by atoms with Crippen molar-refractivity contribution < 1.29 is 24.2 Å². The van der Waals surface area contributed by atoms with Crippen LogP contribution in [-0.2, 0) is 9.53 Å². The van der Waals surface area contributed by atoms with E-state index in [0.29, 0.717) is 10.5 Å². The number of amides is 1. The first-order valence-corrected chi connectivity index (χ1v) is 10.1. The lowest BCUT2D eigenvalue weighted by Crippen LogP contribution is -2.14. The van der Waals surface area contributed by atoms with Crippen molar-refractivity contribution in [3.8, 4) is 5.75 Å². The highest BCUT2D eigenvalue weighted by Gasteiger charge is 2.33. The van der Waals surface area contributed by atoms with Gasteiger partial charge in [-0.25, -0.2) is 9.79 Å². The quantitative estimate of drug-likeness (QED) is 0.702. The summed E-state index contributed by atoms with van der Waals surface area (Å²) in [6.45, 7) is 3.71. The van der Waals surface area contributed by atoms with E-state index in [1.165, 1.54) is 0 Å². The van der Waals surface area contributed by atoms with E-state index in [4.69, 9.17) is 9.47 Å². The Morgan fingerprint density at radius 3 is 2.53 bits per heavy atom. The third-order valence-corrected chi connectivity index (χ3v) is 5.33. The molecule has 1 N–H and O–H groups in total. The second-order valence-corrected chi connectivity index (χ2v) is 7.40. The van der Waals surface area contributed by atoms with Crippen LogP contribution in [0.15, 0.2) is 69.8 Å². The van der Waals surface area contributed by atoms with Gasteiger partial charge in [0.25, 0.3) is 5.91 Å². The van der Waals surface area contributed by atoms with Crippen LogP contribution >= 0.6 is 11.8 Å². The molecule has 1 aliphatic rings. The lowest BCUT2D eigenvalue weighted by molar-refractivity contribution is -0.138. The maximum Gasteiger partial charge on any atom is 0.344 e. The number of esters is 1. The summed E-state index contributed by atoms with van der Waals surface area (Å²) >= 11 is 1.05. The Morgan fingerprint density at radius 2 is 1.90 bits per heavy atom. The number of ether oxygens (including phenoxy) is 2. The fourth-order valence-electron chi connectivity index (χ4n) is 2.87. The van der Waals surface area contributed by atoms with Crippen molar-refractivity contribution in [3.05, 3.63) is 81.5 Å². The van der Waals surface area contributed by atoms with E-state index < -0.39 is 11.9 Å². The minimum Gasteiger partial charge on any atom is -0.506 e. The fraction of sp³-hybridized carbons (Fsp3) is 0.174. The van der Waals surface area contributed by atoms with Crippen LogP contribution in [0.1, 0.15) is 28.4 Å². The third-order valence-electron chi connectivity index (χ3n) is 4.31. The van der Waals surface area contributed by atoms with Crippen molar-refractivity contribution in [1.82, 2.24) is 0 Å². The molecule has 0 aliphatic carbocycles. The zero-order valence-corrected chi connectivity index (χ0v) is 17.7. The van der Waals surface area contributed by atoms with Crippen LogP contribution in [0, 0.1) is 6.92 Å². The molecule has 0 aromatic heterocycles. The summed E-state index contributed by atoms with van der Waals surface area (Å²) < 4.78 is 10.3. The first-order chi connectivity index (χ1) is 14.4. The molecule has 1 amide bonds. The van der Waals surface area contributed by atoms with E-state index in [1.807, 2.05) is 25.1 Å². The number of rotatable bonds is 5. The first-order valence-electron chi connectivity index (χ1n) is 9.28. The van der Waals surface area contributed by atoms with Crippen molar-refractivity contribution in [2.75, 3.05) is 13.7 Å². The standard InChI is InChI=1S/C23H21NO5S/c1-4-29-23(27)19-20(25)18(13-15-10-11-17(28-3)14(2)12-15)30-22(19)24-21(26)16-8-6-5-7-9-16/h5-13,25H,4H2,1-3H3/b18-13-,24-22?. The number of carbonyl (C=O) groups is 2. The summed E-state index contributed by atoms with van der Waals surface area (Å²) in [5.41, 5.74) is 2.01. The van der Waals surface area contributed by atoms with Gasteiger partial charge in [-0.1, -0.05) is 36.0 Å². The topological polar surface area (TPSA) is 85.2 Å². The predicted octanol–water partition coefficient (Wildman–Crippen LogP) is 4.71. The van der Waals surface area contributed by atoms with E-state index in [-0.39, 0.29) is 23.0 Å². The molecule has 0 fully saturated rings. The Hall–Kier alpha value is -3.32. The number of carbonyl (C=O) groups excluding carboxylic acids is 2. The summed E-state index contributed by atoms with van der Waals surface area (Å²) in [5.74, 6) is -0.740. The number of aliphatic hydroxyl groups excluding tert-OH is 1. The molecule has 2 aromatic carbocycles. The fourth-order valence-corrected chi connectivity index (χ4v) is 3.88. The molecule has 1 heterocycles. The lowest BCUT2D eigenvalue weighted by Gasteiger charge is -2.05. The molecule has 0 spiro atoms. The number of hydrogen-bond acceptors (Lipinski definition) is 6. The first kappa shape index (κ1) is 21.4. The van der Waals surface area contributed by atoms with Gasteiger partial charge in [0.2, 0.25) is 0 Å². The average molecular weight is 423 g/mol. The molecule has 0 saturated heterocycles. The highest BCUT2D eigenvalue weighted by molar-refractivity contribution is 8.18. The Kier molecular flexibility index (Phi) is 6.74. The van der Waals surface area contributed by atoms with Crippen LogP contribution in [-0.4, -0.2) is 35.7 Å². The van der Waals surface area contributed by atoms with Gasteiger partial charge < -0.3 is 14.6 Å². The largest absolute Gasteiger partial charge is 0.506 e. The van der Waals surface area contributed by atoms with Crippen LogP contribution < -0.4 is 4.74 Å². The van der Waals surface area contributed by atoms with Gasteiger partial charge in [0, 0.05) is 5.56 Å². The highest BCUT2D eigenvalue weighted by atomic mass is 32.2. The second-order valence-electron chi connectivity index (χ2n) is 6.37. The molecule has 30 heavy (non-hydrogen) atoms. The van der Waals surface area contributed by atoms with Crippen LogP contribution in [0.3, 0.4) is 0 Å². The molecular weight excluding hydrogens is 402 g/mol. The number of hydrogen-bond donors (Lipinski definition) is 1. The molecule has 0 saturated carbocycles. The summed E-state index contributed by atoms with van der Waals surface area (Å²) in [7, 11) is 1.60. The number of aryl methyl sites for hydroxylation is 1. The Labute approximate surface area is 178 Å². The minimum absolute atomic E-state index is 0.108.